The Morgan fingerprint density at radius 2 is 1.91 bits per heavy atom. The normalized spacial score (nSPS) is 12.2. The molecule has 4 aromatic rings. The first-order valence-electron chi connectivity index (χ1n) is 9.95. The van der Waals surface area contributed by atoms with Gasteiger partial charge in [0.05, 0.1) is 39.4 Å². The van der Waals surface area contributed by atoms with Crippen LogP contribution < -0.4 is 5.32 Å². The van der Waals surface area contributed by atoms with Crippen LogP contribution in [-0.2, 0) is 9.84 Å². The number of fused-ring (bicyclic) bond motifs is 5. The van der Waals surface area contributed by atoms with Crippen LogP contribution in [0, 0.1) is 11.3 Å². The predicted molar refractivity (Wildman–Crippen MR) is 121 cm³/mol. The van der Waals surface area contributed by atoms with E-state index >= 15 is 0 Å². The maximum atomic E-state index is 12.6. The van der Waals surface area contributed by atoms with Crippen LogP contribution in [0.5, 0.6) is 0 Å². The molecule has 0 bridgehead atoms. The van der Waals surface area contributed by atoms with Gasteiger partial charge in [-0.1, -0.05) is 0 Å². The van der Waals surface area contributed by atoms with Gasteiger partial charge in [0.25, 0.3) is 0 Å². The number of aromatic nitrogens is 4. The maximum absolute atomic E-state index is 12.6. The number of H-pyrrole nitrogens is 1. The highest BCUT2D eigenvalue weighted by molar-refractivity contribution is 7.92. The summed E-state index contributed by atoms with van der Waals surface area (Å²) in [6.45, 7) is 3.23. The summed E-state index contributed by atoms with van der Waals surface area (Å²) >= 11 is 0. The average Bonchev–Trinajstić information content (AvgIpc) is 3.19. The van der Waals surface area contributed by atoms with E-state index in [0.29, 0.717) is 22.9 Å². The summed E-state index contributed by atoms with van der Waals surface area (Å²) in [5.41, 5.74) is 4.65. The van der Waals surface area contributed by atoms with Crippen molar-refractivity contribution in [2.45, 2.75) is 24.0 Å². The Hall–Kier alpha value is -4.03. The molecule has 2 N–H and O–H groups in total. The van der Waals surface area contributed by atoms with Crippen LogP contribution in [0.2, 0.25) is 0 Å². The van der Waals surface area contributed by atoms with Crippen LogP contribution in [0.3, 0.4) is 0 Å². The number of hydrogen-bond acceptors (Lipinski definition) is 7. The van der Waals surface area contributed by atoms with Gasteiger partial charge in [-0.2, -0.15) is 5.26 Å². The van der Waals surface area contributed by atoms with E-state index in [1.54, 1.807) is 38.5 Å². The van der Waals surface area contributed by atoms with Crippen LogP contribution in [0.25, 0.3) is 33.9 Å². The lowest BCUT2D eigenvalue weighted by Crippen LogP contribution is -2.14. The molecule has 0 fully saturated rings. The number of nitrogens with one attached hydrogen (secondary N) is 2. The van der Waals surface area contributed by atoms with Crippen molar-refractivity contribution in [1.29, 1.82) is 5.26 Å². The highest BCUT2D eigenvalue weighted by Crippen LogP contribution is 2.43. The van der Waals surface area contributed by atoms with E-state index in [1.165, 1.54) is 12.1 Å². The summed E-state index contributed by atoms with van der Waals surface area (Å²) < 4.78 is 25.1. The number of hydrogen-bond donors (Lipinski definition) is 2. The summed E-state index contributed by atoms with van der Waals surface area (Å²) in [5, 5.41) is 12.5. The van der Waals surface area contributed by atoms with E-state index in [4.69, 9.17) is 4.98 Å². The highest BCUT2D eigenvalue weighted by atomic mass is 32.2. The second-order valence-electron chi connectivity index (χ2n) is 7.67. The molecule has 1 aliphatic heterocycles. The molecule has 0 atom stereocenters. The molecule has 0 saturated carbocycles. The number of aromatic amines is 1. The van der Waals surface area contributed by atoms with Crippen LogP contribution in [0.15, 0.2) is 59.9 Å². The first kappa shape index (κ1) is 19.9. The molecule has 158 valence electrons. The van der Waals surface area contributed by atoms with Crippen molar-refractivity contribution in [1.82, 2.24) is 19.9 Å². The number of nitriles is 1. The fourth-order valence-electron chi connectivity index (χ4n) is 3.70. The molecule has 0 unspecified atom stereocenters. The molecule has 0 aliphatic carbocycles. The zero-order chi connectivity index (χ0) is 22.5. The second-order valence-corrected chi connectivity index (χ2v) is 10.2. The van der Waals surface area contributed by atoms with Crippen LogP contribution in [0.1, 0.15) is 19.4 Å². The van der Waals surface area contributed by atoms with Gasteiger partial charge in [0.2, 0.25) is 0 Å². The Morgan fingerprint density at radius 3 is 2.69 bits per heavy atom. The number of benzene rings is 1. The molecule has 0 radical (unpaired) electrons. The second kappa shape index (κ2) is 7.28. The van der Waals surface area contributed by atoms with Crippen molar-refractivity contribution in [3.8, 4) is 40.0 Å². The van der Waals surface area contributed by atoms with Crippen LogP contribution in [0.4, 0.5) is 11.5 Å². The number of imidazole rings is 1. The molecule has 1 aromatic carbocycles. The third-order valence-electron chi connectivity index (χ3n) is 5.43. The van der Waals surface area contributed by atoms with Gasteiger partial charge in [-0.25, -0.2) is 18.4 Å². The summed E-state index contributed by atoms with van der Waals surface area (Å²) in [4.78, 5) is 16.9. The van der Waals surface area contributed by atoms with E-state index in [-0.39, 0.29) is 10.5 Å². The molecule has 8 nitrogen and oxygen atoms in total. The highest BCUT2D eigenvalue weighted by Gasteiger charge is 2.26. The Morgan fingerprint density at radius 1 is 1.06 bits per heavy atom. The number of rotatable bonds is 3. The minimum atomic E-state index is -3.50. The monoisotopic (exact) mass is 442 g/mol. The smallest absolute Gasteiger partial charge is 0.180 e. The maximum Gasteiger partial charge on any atom is 0.180 e. The Kier molecular flexibility index (Phi) is 4.53. The number of sulfone groups is 1. The molecule has 32 heavy (non-hydrogen) atoms. The lowest BCUT2D eigenvalue weighted by Gasteiger charge is -2.10. The van der Waals surface area contributed by atoms with Gasteiger partial charge in [-0.05, 0) is 50.2 Å². The molecule has 9 heteroatoms. The first-order valence-corrected chi connectivity index (χ1v) is 11.5. The van der Waals surface area contributed by atoms with E-state index in [1.807, 2.05) is 18.2 Å². The van der Waals surface area contributed by atoms with Gasteiger partial charge in [0.1, 0.15) is 17.3 Å². The van der Waals surface area contributed by atoms with E-state index in [0.717, 1.165) is 22.5 Å². The van der Waals surface area contributed by atoms with Gasteiger partial charge in [0.15, 0.2) is 9.84 Å². The summed E-state index contributed by atoms with van der Waals surface area (Å²) in [5.74, 6) is 1.12. The number of pyridine rings is 2. The predicted octanol–water partition coefficient (Wildman–Crippen LogP) is 4.31. The van der Waals surface area contributed by atoms with Crippen LogP contribution >= 0.6 is 0 Å². The van der Waals surface area contributed by atoms with Crippen LogP contribution in [-0.4, -0.2) is 33.6 Å². The summed E-state index contributed by atoms with van der Waals surface area (Å²) in [6, 6.07) is 12.3. The third-order valence-corrected chi connectivity index (χ3v) is 7.58. The molecular weight excluding hydrogens is 424 g/mol. The molecule has 0 amide bonds. The Labute approximate surface area is 184 Å². The molecule has 5 rings (SSSR count). The standard InChI is InChI=1S/C23H18N6O2S/c1-13(2)32(30,31)15-5-6-16(14(10-15)11-24)23-28-20-17-7-9-25-12-19(17)27-22-18(21(20)29-23)4-3-8-26-22/h3-10,12-13H,1-2H3,(H,26,27)(H,28,29). The van der Waals surface area contributed by atoms with E-state index < -0.39 is 15.1 Å². The number of anilines is 2. The van der Waals surface area contributed by atoms with Crippen molar-refractivity contribution >= 4 is 21.3 Å². The SMILES string of the molecule is CC(C)S(=O)(=O)c1ccc(-c2nc3c([nH]2)-c2ccncc2Nc2ncccc2-3)c(C#N)c1. The van der Waals surface area contributed by atoms with E-state index in [2.05, 4.69) is 26.3 Å². The minimum Gasteiger partial charge on any atom is -0.338 e. The van der Waals surface area contributed by atoms with Crippen molar-refractivity contribution in [3.05, 3.63) is 60.6 Å². The zero-order valence-electron chi connectivity index (χ0n) is 17.3. The fraction of sp³-hybridized carbons (Fsp3) is 0.130. The molecule has 3 aromatic heterocycles. The van der Waals surface area contributed by atoms with Gasteiger partial charge in [-0.15, -0.1) is 0 Å². The third kappa shape index (κ3) is 3.04. The molecule has 0 spiro atoms. The van der Waals surface area contributed by atoms with Gasteiger partial charge in [-0.3, -0.25) is 4.98 Å². The van der Waals surface area contributed by atoms with Gasteiger partial charge in [0, 0.05) is 29.1 Å². The van der Waals surface area contributed by atoms with Crippen molar-refractivity contribution < 1.29 is 8.42 Å². The molecular formula is C23H18N6O2S. The molecule has 1 aliphatic rings. The largest absolute Gasteiger partial charge is 0.338 e. The average molecular weight is 443 g/mol. The number of nitrogens with zero attached hydrogens (tertiary/aromatic N) is 4. The first-order chi connectivity index (χ1) is 15.4. The van der Waals surface area contributed by atoms with Gasteiger partial charge >= 0.3 is 0 Å². The van der Waals surface area contributed by atoms with Crippen molar-refractivity contribution in [2.75, 3.05) is 5.32 Å². The zero-order valence-corrected chi connectivity index (χ0v) is 18.1. The summed E-state index contributed by atoms with van der Waals surface area (Å²) in [7, 11) is -3.50. The van der Waals surface area contributed by atoms with Gasteiger partial charge < -0.3 is 10.3 Å². The topological polar surface area (TPSA) is 124 Å². The molecule has 4 heterocycles. The summed E-state index contributed by atoms with van der Waals surface area (Å²) in [6.07, 6.45) is 5.11. The molecule has 0 saturated heterocycles. The lowest BCUT2D eigenvalue weighted by atomic mass is 10.1. The minimum absolute atomic E-state index is 0.121. The Balaban J connectivity index is 1.73. The van der Waals surface area contributed by atoms with Crippen molar-refractivity contribution in [2.24, 2.45) is 0 Å². The fourth-order valence-corrected chi connectivity index (χ4v) is 4.78. The van der Waals surface area contributed by atoms with Crippen molar-refractivity contribution in [3.63, 3.8) is 0 Å². The lowest BCUT2D eigenvalue weighted by molar-refractivity contribution is 0.587. The Bertz CT molecular complexity index is 1450. The van der Waals surface area contributed by atoms with E-state index in [9.17, 15) is 13.7 Å². The quantitative estimate of drug-likeness (QED) is 0.426.